The third-order valence-electron chi connectivity index (χ3n) is 2.13. The molecule has 0 saturated heterocycles. The number of thioether (sulfide) groups is 1. The van der Waals surface area contributed by atoms with Crippen LogP contribution in [0.4, 0.5) is 0 Å². The number of nitrogens with one attached hydrogen (secondary N) is 1. The first-order valence-corrected chi connectivity index (χ1v) is 7.14. The van der Waals surface area contributed by atoms with Crippen molar-refractivity contribution in [2.24, 2.45) is 5.92 Å². The Morgan fingerprint density at radius 3 is 2.56 bits per heavy atom. The van der Waals surface area contributed by atoms with Crippen LogP contribution in [0.5, 0.6) is 0 Å². The zero-order chi connectivity index (χ0) is 11.8. The first-order valence-electron chi connectivity index (χ1n) is 5.77. The Bertz CT molecular complexity index is 284. The molecule has 1 aromatic rings. The number of rotatable bonds is 7. The van der Waals surface area contributed by atoms with E-state index in [0.29, 0.717) is 0 Å². The van der Waals surface area contributed by atoms with Crippen molar-refractivity contribution < 1.29 is 0 Å². The summed E-state index contributed by atoms with van der Waals surface area (Å²) < 4.78 is 0. The fourth-order valence-corrected chi connectivity index (χ4v) is 2.29. The third kappa shape index (κ3) is 6.41. The van der Waals surface area contributed by atoms with Crippen LogP contribution in [-0.4, -0.2) is 18.8 Å². The highest BCUT2D eigenvalue weighted by Crippen LogP contribution is 2.20. The van der Waals surface area contributed by atoms with Crippen molar-refractivity contribution in [1.29, 1.82) is 0 Å². The quantitative estimate of drug-likeness (QED) is 0.584. The van der Waals surface area contributed by atoms with Crippen LogP contribution in [0.15, 0.2) is 29.2 Å². The van der Waals surface area contributed by atoms with E-state index in [2.05, 4.69) is 31.3 Å². The van der Waals surface area contributed by atoms with Crippen LogP contribution in [0, 0.1) is 5.92 Å². The summed E-state index contributed by atoms with van der Waals surface area (Å²) in [5.41, 5.74) is 0. The van der Waals surface area contributed by atoms with E-state index >= 15 is 0 Å². The molecule has 1 aromatic carbocycles. The van der Waals surface area contributed by atoms with Crippen molar-refractivity contribution in [2.45, 2.75) is 25.2 Å². The summed E-state index contributed by atoms with van der Waals surface area (Å²) in [6, 6.07) is 8.05. The molecule has 0 aliphatic carbocycles. The molecule has 1 rings (SSSR count). The first-order chi connectivity index (χ1) is 7.68. The van der Waals surface area contributed by atoms with Gasteiger partial charge in [0.25, 0.3) is 0 Å². The molecule has 0 amide bonds. The minimum Gasteiger partial charge on any atom is -0.316 e. The predicted octanol–water partition coefficient (Wildman–Crippen LogP) is 4.07. The standard InChI is InChI=1S/C13H20ClNS/c1-11(2)10-15-8-3-9-16-13-6-4-12(14)5-7-13/h4-7,11,15H,3,8-10H2,1-2H3. The van der Waals surface area contributed by atoms with Crippen molar-refractivity contribution in [3.05, 3.63) is 29.3 Å². The summed E-state index contributed by atoms with van der Waals surface area (Å²) in [6.07, 6.45) is 1.21. The fraction of sp³-hybridized carbons (Fsp3) is 0.538. The lowest BCUT2D eigenvalue weighted by Crippen LogP contribution is -2.21. The van der Waals surface area contributed by atoms with Gasteiger partial charge in [-0.05, 0) is 55.4 Å². The van der Waals surface area contributed by atoms with Crippen LogP contribution in [0.2, 0.25) is 5.02 Å². The molecule has 0 spiro atoms. The van der Waals surface area contributed by atoms with Gasteiger partial charge in [0.15, 0.2) is 0 Å². The van der Waals surface area contributed by atoms with E-state index in [1.165, 1.54) is 11.3 Å². The molecule has 0 unspecified atom stereocenters. The summed E-state index contributed by atoms with van der Waals surface area (Å²) in [5.74, 6) is 1.90. The normalized spacial score (nSPS) is 11.0. The Labute approximate surface area is 108 Å². The molecule has 0 aliphatic heterocycles. The molecule has 90 valence electrons. The van der Waals surface area contributed by atoms with Gasteiger partial charge in [0.05, 0.1) is 0 Å². The summed E-state index contributed by atoms with van der Waals surface area (Å²) in [6.45, 7) is 6.69. The molecule has 0 heterocycles. The first kappa shape index (κ1) is 13.9. The molecule has 1 nitrogen and oxygen atoms in total. The molecule has 16 heavy (non-hydrogen) atoms. The van der Waals surface area contributed by atoms with Crippen LogP contribution in [0.25, 0.3) is 0 Å². The van der Waals surface area contributed by atoms with Gasteiger partial charge in [-0.3, -0.25) is 0 Å². The van der Waals surface area contributed by atoms with Crippen LogP contribution in [0.1, 0.15) is 20.3 Å². The van der Waals surface area contributed by atoms with Gasteiger partial charge in [0.2, 0.25) is 0 Å². The lowest BCUT2D eigenvalue weighted by molar-refractivity contribution is 0.552. The van der Waals surface area contributed by atoms with Gasteiger partial charge in [-0.1, -0.05) is 25.4 Å². The zero-order valence-corrected chi connectivity index (χ0v) is 11.6. The van der Waals surface area contributed by atoms with E-state index < -0.39 is 0 Å². The summed E-state index contributed by atoms with van der Waals surface area (Å²) in [5, 5.41) is 4.25. The minimum absolute atomic E-state index is 0.740. The summed E-state index contributed by atoms with van der Waals surface area (Å²) in [4.78, 5) is 1.30. The molecule has 0 atom stereocenters. The number of halogens is 1. The summed E-state index contributed by atoms with van der Waals surface area (Å²) in [7, 11) is 0. The highest BCUT2D eigenvalue weighted by Gasteiger charge is 1.95. The summed E-state index contributed by atoms with van der Waals surface area (Å²) >= 11 is 7.71. The van der Waals surface area contributed by atoms with Gasteiger partial charge in [0.1, 0.15) is 0 Å². The van der Waals surface area contributed by atoms with Crippen LogP contribution < -0.4 is 5.32 Å². The highest BCUT2D eigenvalue weighted by atomic mass is 35.5. The van der Waals surface area contributed by atoms with Gasteiger partial charge < -0.3 is 5.32 Å². The third-order valence-corrected chi connectivity index (χ3v) is 3.48. The maximum Gasteiger partial charge on any atom is 0.0406 e. The maximum atomic E-state index is 5.82. The molecule has 0 radical (unpaired) electrons. The second-order valence-electron chi connectivity index (χ2n) is 4.25. The number of benzene rings is 1. The minimum atomic E-state index is 0.740. The smallest absolute Gasteiger partial charge is 0.0406 e. The molecule has 0 aliphatic rings. The van der Waals surface area contributed by atoms with Gasteiger partial charge in [-0.2, -0.15) is 0 Å². The van der Waals surface area contributed by atoms with E-state index in [0.717, 1.165) is 29.8 Å². The van der Waals surface area contributed by atoms with Crippen LogP contribution in [0.3, 0.4) is 0 Å². The molecule has 3 heteroatoms. The molecule has 0 saturated carbocycles. The van der Waals surface area contributed by atoms with Crippen molar-refractivity contribution in [1.82, 2.24) is 5.32 Å². The molecule has 0 fully saturated rings. The van der Waals surface area contributed by atoms with E-state index in [1.54, 1.807) is 0 Å². The zero-order valence-electron chi connectivity index (χ0n) is 10.0. The largest absolute Gasteiger partial charge is 0.316 e. The second-order valence-corrected chi connectivity index (χ2v) is 5.86. The van der Waals surface area contributed by atoms with Crippen molar-refractivity contribution in [3.63, 3.8) is 0 Å². The monoisotopic (exact) mass is 257 g/mol. The van der Waals surface area contributed by atoms with Crippen molar-refractivity contribution in [2.75, 3.05) is 18.8 Å². The molecule has 0 aromatic heterocycles. The van der Waals surface area contributed by atoms with Gasteiger partial charge in [-0.25, -0.2) is 0 Å². The number of hydrogen-bond acceptors (Lipinski definition) is 2. The lowest BCUT2D eigenvalue weighted by atomic mass is 10.2. The average molecular weight is 258 g/mol. The van der Waals surface area contributed by atoms with Crippen LogP contribution in [-0.2, 0) is 0 Å². The Hall–Kier alpha value is -0.180. The Morgan fingerprint density at radius 1 is 1.25 bits per heavy atom. The molecular formula is C13H20ClNS. The highest BCUT2D eigenvalue weighted by molar-refractivity contribution is 7.99. The number of hydrogen-bond donors (Lipinski definition) is 1. The van der Waals surface area contributed by atoms with Crippen molar-refractivity contribution >= 4 is 23.4 Å². The van der Waals surface area contributed by atoms with Crippen LogP contribution >= 0.6 is 23.4 Å². The lowest BCUT2D eigenvalue weighted by Gasteiger charge is -2.06. The Morgan fingerprint density at radius 2 is 1.94 bits per heavy atom. The molecule has 0 bridgehead atoms. The Kier molecular flexibility index (Phi) is 6.93. The second kappa shape index (κ2) is 7.99. The fourth-order valence-electron chi connectivity index (χ4n) is 1.31. The van der Waals surface area contributed by atoms with E-state index in [4.69, 9.17) is 11.6 Å². The SMILES string of the molecule is CC(C)CNCCCSc1ccc(Cl)cc1. The van der Waals surface area contributed by atoms with E-state index in [1.807, 2.05) is 23.9 Å². The Balaban J connectivity index is 2.05. The van der Waals surface area contributed by atoms with E-state index in [9.17, 15) is 0 Å². The molecule has 1 N–H and O–H groups in total. The van der Waals surface area contributed by atoms with Crippen molar-refractivity contribution in [3.8, 4) is 0 Å². The maximum absolute atomic E-state index is 5.82. The topological polar surface area (TPSA) is 12.0 Å². The average Bonchev–Trinajstić information content (AvgIpc) is 2.25. The predicted molar refractivity (Wildman–Crippen MR) is 74.5 cm³/mol. The van der Waals surface area contributed by atoms with Gasteiger partial charge >= 0.3 is 0 Å². The van der Waals surface area contributed by atoms with E-state index in [-0.39, 0.29) is 0 Å². The van der Waals surface area contributed by atoms with Gasteiger partial charge in [-0.15, -0.1) is 11.8 Å². The van der Waals surface area contributed by atoms with Gasteiger partial charge in [0, 0.05) is 9.92 Å². The molecular weight excluding hydrogens is 238 g/mol.